The molecule has 6 heteroatoms. The molecule has 0 unspecified atom stereocenters. The Morgan fingerprint density at radius 1 is 1.40 bits per heavy atom. The van der Waals surface area contributed by atoms with Crippen LogP contribution in [0.2, 0.25) is 0 Å². The van der Waals surface area contributed by atoms with Crippen molar-refractivity contribution in [1.29, 1.82) is 0 Å². The van der Waals surface area contributed by atoms with Crippen molar-refractivity contribution in [2.45, 2.75) is 6.92 Å². The molecular formula is C9H11Cl2N3O. The van der Waals surface area contributed by atoms with Gasteiger partial charge in [-0.3, -0.25) is 4.79 Å². The normalized spacial score (nSPS) is 8.87. The van der Waals surface area contributed by atoms with Gasteiger partial charge in [-0.25, -0.2) is 4.98 Å². The Morgan fingerprint density at radius 2 is 2.13 bits per heavy atom. The molecule has 0 atom stereocenters. The van der Waals surface area contributed by atoms with Crippen LogP contribution in [0.15, 0.2) is 24.5 Å². The molecule has 0 bridgehead atoms. The number of benzene rings is 1. The molecule has 0 spiro atoms. The second-order valence-electron chi connectivity index (χ2n) is 2.82. The number of halogens is 2. The number of nitrogens with zero attached hydrogens (tertiary/aromatic N) is 1. The molecule has 0 radical (unpaired) electrons. The van der Waals surface area contributed by atoms with Crippen LogP contribution in [0.1, 0.15) is 6.92 Å². The highest BCUT2D eigenvalue weighted by Crippen LogP contribution is 2.15. The topological polar surface area (TPSA) is 57.8 Å². The number of carbonyl (C=O) groups is 1. The second-order valence-corrected chi connectivity index (χ2v) is 2.82. The van der Waals surface area contributed by atoms with E-state index in [1.54, 1.807) is 6.33 Å². The molecule has 0 aliphatic heterocycles. The molecule has 0 fully saturated rings. The number of imidazole rings is 1. The minimum Gasteiger partial charge on any atom is -0.345 e. The van der Waals surface area contributed by atoms with E-state index in [-0.39, 0.29) is 30.7 Å². The maximum atomic E-state index is 10.7. The Labute approximate surface area is 99.3 Å². The van der Waals surface area contributed by atoms with E-state index in [4.69, 9.17) is 0 Å². The maximum Gasteiger partial charge on any atom is 0.221 e. The van der Waals surface area contributed by atoms with Crippen LogP contribution in [0.5, 0.6) is 0 Å². The van der Waals surface area contributed by atoms with Gasteiger partial charge in [-0.2, -0.15) is 0 Å². The highest BCUT2D eigenvalue weighted by atomic mass is 35.5. The fourth-order valence-electron chi connectivity index (χ4n) is 1.21. The molecule has 2 N–H and O–H groups in total. The molecule has 82 valence electrons. The van der Waals surface area contributed by atoms with Gasteiger partial charge in [0, 0.05) is 12.6 Å². The maximum absolute atomic E-state index is 10.7. The molecule has 1 aromatic carbocycles. The summed E-state index contributed by atoms with van der Waals surface area (Å²) in [4.78, 5) is 17.8. The number of nitrogens with one attached hydrogen (secondary N) is 2. The molecule has 2 aromatic rings. The minimum absolute atomic E-state index is 0. The smallest absolute Gasteiger partial charge is 0.221 e. The van der Waals surface area contributed by atoms with E-state index in [1.165, 1.54) is 6.92 Å². The van der Waals surface area contributed by atoms with E-state index in [0.717, 1.165) is 16.7 Å². The molecular weight excluding hydrogens is 237 g/mol. The van der Waals surface area contributed by atoms with Gasteiger partial charge in [0.25, 0.3) is 0 Å². The molecule has 1 aromatic heterocycles. The number of rotatable bonds is 1. The zero-order valence-electron chi connectivity index (χ0n) is 7.98. The Kier molecular flexibility index (Phi) is 5.11. The zero-order valence-corrected chi connectivity index (χ0v) is 9.61. The molecule has 0 saturated carbocycles. The predicted molar refractivity (Wildman–Crippen MR) is 64.9 cm³/mol. The van der Waals surface area contributed by atoms with Crippen molar-refractivity contribution in [2.24, 2.45) is 0 Å². The summed E-state index contributed by atoms with van der Waals surface area (Å²) in [6.45, 7) is 1.48. The summed E-state index contributed by atoms with van der Waals surface area (Å²) in [7, 11) is 0. The van der Waals surface area contributed by atoms with Crippen LogP contribution in [-0.4, -0.2) is 15.9 Å². The van der Waals surface area contributed by atoms with Crippen LogP contribution >= 0.6 is 24.8 Å². The summed E-state index contributed by atoms with van der Waals surface area (Å²) < 4.78 is 0. The van der Waals surface area contributed by atoms with Crippen LogP contribution in [0.4, 0.5) is 5.69 Å². The van der Waals surface area contributed by atoms with E-state index < -0.39 is 0 Å². The molecule has 2 rings (SSSR count). The lowest BCUT2D eigenvalue weighted by molar-refractivity contribution is -0.114. The van der Waals surface area contributed by atoms with Gasteiger partial charge in [-0.1, -0.05) is 0 Å². The highest BCUT2D eigenvalue weighted by molar-refractivity contribution is 5.91. The van der Waals surface area contributed by atoms with Crippen molar-refractivity contribution < 1.29 is 4.79 Å². The largest absolute Gasteiger partial charge is 0.345 e. The van der Waals surface area contributed by atoms with Crippen molar-refractivity contribution in [3.8, 4) is 0 Å². The molecule has 1 heterocycles. The molecule has 4 nitrogen and oxygen atoms in total. The molecule has 0 aliphatic rings. The van der Waals surface area contributed by atoms with Crippen LogP contribution < -0.4 is 5.32 Å². The first kappa shape index (κ1) is 13.7. The Balaban J connectivity index is 0.000000980. The molecule has 1 amide bonds. The lowest BCUT2D eigenvalue weighted by Crippen LogP contribution is -2.05. The van der Waals surface area contributed by atoms with Gasteiger partial charge in [0.1, 0.15) is 0 Å². The number of aromatic amines is 1. The third-order valence-corrected chi connectivity index (χ3v) is 1.74. The van der Waals surface area contributed by atoms with Gasteiger partial charge in [0.15, 0.2) is 0 Å². The number of aromatic nitrogens is 2. The van der Waals surface area contributed by atoms with Crippen LogP contribution in [0, 0.1) is 0 Å². The van der Waals surface area contributed by atoms with Crippen LogP contribution in [0.3, 0.4) is 0 Å². The monoisotopic (exact) mass is 247 g/mol. The van der Waals surface area contributed by atoms with Gasteiger partial charge in [0.2, 0.25) is 5.91 Å². The number of anilines is 1. The quantitative estimate of drug-likeness (QED) is 0.813. The number of hydrogen-bond donors (Lipinski definition) is 2. The summed E-state index contributed by atoms with van der Waals surface area (Å²) in [5.41, 5.74) is 2.59. The first-order valence-electron chi connectivity index (χ1n) is 3.96. The third kappa shape index (κ3) is 3.11. The van der Waals surface area contributed by atoms with Crippen molar-refractivity contribution in [3.05, 3.63) is 24.5 Å². The Morgan fingerprint density at radius 3 is 2.80 bits per heavy atom. The lowest BCUT2D eigenvalue weighted by atomic mass is 10.3. The summed E-state index contributed by atoms with van der Waals surface area (Å²) in [6.07, 6.45) is 1.63. The van der Waals surface area contributed by atoms with E-state index in [2.05, 4.69) is 15.3 Å². The zero-order chi connectivity index (χ0) is 9.26. The van der Waals surface area contributed by atoms with Gasteiger partial charge in [0.05, 0.1) is 17.4 Å². The van der Waals surface area contributed by atoms with E-state index in [0.29, 0.717) is 0 Å². The van der Waals surface area contributed by atoms with Gasteiger partial charge in [-0.05, 0) is 18.2 Å². The van der Waals surface area contributed by atoms with E-state index in [9.17, 15) is 4.79 Å². The Bertz CT molecular complexity index is 455. The standard InChI is InChI=1S/C9H9N3O.2ClH/c1-6(13)12-7-2-3-8-9(4-7)11-5-10-8;;/h2-5H,1H3,(H,10,11)(H,12,13);2*1H. The summed E-state index contributed by atoms with van der Waals surface area (Å²) in [6, 6.07) is 5.54. The fourth-order valence-corrected chi connectivity index (χ4v) is 1.21. The van der Waals surface area contributed by atoms with Crippen molar-refractivity contribution >= 4 is 47.4 Å². The SMILES string of the molecule is CC(=O)Nc1ccc2[nH]cnc2c1.Cl.Cl. The van der Waals surface area contributed by atoms with E-state index >= 15 is 0 Å². The second kappa shape index (κ2) is 5.58. The number of H-pyrrole nitrogens is 1. The van der Waals surface area contributed by atoms with Gasteiger partial charge < -0.3 is 10.3 Å². The summed E-state index contributed by atoms with van der Waals surface area (Å²) in [5.74, 6) is -0.0742. The first-order valence-corrected chi connectivity index (χ1v) is 3.96. The Hall–Kier alpha value is -1.26. The molecule has 15 heavy (non-hydrogen) atoms. The predicted octanol–water partition coefficient (Wildman–Crippen LogP) is 2.36. The van der Waals surface area contributed by atoms with Gasteiger partial charge in [-0.15, -0.1) is 24.8 Å². The highest BCUT2D eigenvalue weighted by Gasteiger charge is 1.98. The number of hydrogen-bond acceptors (Lipinski definition) is 2. The minimum atomic E-state index is -0.0742. The van der Waals surface area contributed by atoms with Crippen molar-refractivity contribution in [2.75, 3.05) is 5.32 Å². The molecule has 0 saturated heterocycles. The first-order chi connectivity index (χ1) is 6.25. The van der Waals surface area contributed by atoms with Crippen molar-refractivity contribution in [1.82, 2.24) is 9.97 Å². The number of carbonyl (C=O) groups excluding carboxylic acids is 1. The molecule has 0 aliphatic carbocycles. The summed E-state index contributed by atoms with van der Waals surface area (Å²) >= 11 is 0. The van der Waals surface area contributed by atoms with Crippen LogP contribution in [-0.2, 0) is 4.79 Å². The fraction of sp³-hybridized carbons (Fsp3) is 0.111. The van der Waals surface area contributed by atoms with Crippen LogP contribution in [0.25, 0.3) is 11.0 Å². The van der Waals surface area contributed by atoms with Gasteiger partial charge >= 0.3 is 0 Å². The average molecular weight is 248 g/mol. The number of fused-ring (bicyclic) bond motifs is 1. The lowest BCUT2D eigenvalue weighted by Gasteiger charge is -2.00. The van der Waals surface area contributed by atoms with E-state index in [1.807, 2.05) is 18.2 Å². The average Bonchev–Trinajstić information content (AvgIpc) is 2.49. The third-order valence-electron chi connectivity index (χ3n) is 1.74. The summed E-state index contributed by atoms with van der Waals surface area (Å²) in [5, 5.41) is 2.69. The van der Waals surface area contributed by atoms with Crippen molar-refractivity contribution in [3.63, 3.8) is 0 Å². The number of amides is 1.